The molecular formula is C25H26FN3O5S. The lowest BCUT2D eigenvalue weighted by Crippen LogP contribution is -2.43. The molecule has 0 aliphatic heterocycles. The number of nitrogens with one attached hydrogen (secondary N) is 2. The molecule has 10 heteroatoms. The molecule has 2 N–H and O–H groups in total. The number of halogens is 1. The Bertz CT molecular complexity index is 1230. The predicted octanol–water partition coefficient (Wildman–Crippen LogP) is 2.30. The number of carbonyl (C=O) groups excluding carboxylic acids is 2. The number of nitrogens with zero attached hydrogens (tertiary/aromatic N) is 1. The first-order chi connectivity index (χ1) is 16.8. The zero-order chi connectivity index (χ0) is 25.3. The van der Waals surface area contributed by atoms with E-state index in [-0.39, 0.29) is 42.2 Å². The van der Waals surface area contributed by atoms with Crippen LogP contribution < -0.4 is 10.0 Å². The third kappa shape index (κ3) is 7.78. The molecule has 35 heavy (non-hydrogen) atoms. The molecule has 8 nitrogen and oxygen atoms in total. The molecule has 0 bridgehead atoms. The zero-order valence-corrected chi connectivity index (χ0v) is 19.9. The summed E-state index contributed by atoms with van der Waals surface area (Å²) < 4.78 is 45.0. The number of Topliss-reactive ketones (excluding diaryl/α,β-unsaturated/α-hetero) is 1. The summed E-state index contributed by atoms with van der Waals surface area (Å²) >= 11 is 0. The van der Waals surface area contributed by atoms with E-state index in [9.17, 15) is 22.4 Å². The molecule has 0 saturated carbocycles. The van der Waals surface area contributed by atoms with Crippen LogP contribution in [0, 0.1) is 5.82 Å². The molecule has 0 fully saturated rings. The van der Waals surface area contributed by atoms with E-state index in [1.54, 1.807) is 0 Å². The highest BCUT2D eigenvalue weighted by atomic mass is 32.2. The van der Waals surface area contributed by atoms with Crippen molar-refractivity contribution in [1.29, 1.82) is 0 Å². The fourth-order valence-electron chi connectivity index (χ4n) is 3.28. The summed E-state index contributed by atoms with van der Waals surface area (Å²) in [5.74, 6) is -1.27. The van der Waals surface area contributed by atoms with Crippen LogP contribution in [0.5, 0.6) is 0 Å². The van der Waals surface area contributed by atoms with Crippen LogP contribution in [0.4, 0.5) is 4.39 Å². The maximum absolute atomic E-state index is 13.2. The van der Waals surface area contributed by atoms with Crippen LogP contribution in [0.2, 0.25) is 0 Å². The molecular weight excluding hydrogens is 473 g/mol. The van der Waals surface area contributed by atoms with Crippen molar-refractivity contribution in [3.63, 3.8) is 0 Å². The van der Waals surface area contributed by atoms with E-state index < -0.39 is 27.8 Å². The summed E-state index contributed by atoms with van der Waals surface area (Å²) in [5.41, 5.74) is 1.44. The minimum Gasteiger partial charge on any atom is -0.383 e. The third-order valence-electron chi connectivity index (χ3n) is 5.14. The lowest BCUT2D eigenvalue weighted by atomic mass is 9.99. The smallest absolute Gasteiger partial charge is 0.251 e. The molecule has 0 spiro atoms. The summed E-state index contributed by atoms with van der Waals surface area (Å²) in [6.07, 6.45) is 1.32. The van der Waals surface area contributed by atoms with Crippen molar-refractivity contribution in [1.82, 2.24) is 15.0 Å². The number of hydrogen-bond acceptors (Lipinski definition) is 6. The Hall–Kier alpha value is -3.47. The number of ether oxygens (including phenoxy) is 1. The van der Waals surface area contributed by atoms with E-state index in [2.05, 4.69) is 15.0 Å². The van der Waals surface area contributed by atoms with Gasteiger partial charge in [-0.25, -0.2) is 17.5 Å². The van der Waals surface area contributed by atoms with Gasteiger partial charge in [0.15, 0.2) is 5.78 Å². The summed E-state index contributed by atoms with van der Waals surface area (Å²) in [7, 11) is -2.28. The van der Waals surface area contributed by atoms with Crippen molar-refractivity contribution in [3.05, 3.63) is 95.6 Å². The number of benzene rings is 2. The van der Waals surface area contributed by atoms with Crippen molar-refractivity contribution in [2.75, 3.05) is 20.3 Å². The highest BCUT2D eigenvalue weighted by molar-refractivity contribution is 7.89. The number of ketones is 1. The van der Waals surface area contributed by atoms with Crippen molar-refractivity contribution < 1.29 is 27.1 Å². The molecule has 1 heterocycles. The van der Waals surface area contributed by atoms with Crippen LogP contribution in [-0.4, -0.2) is 51.4 Å². The second-order valence-electron chi connectivity index (χ2n) is 7.74. The standard InChI is InChI=1S/C25H26FN3O5S/c1-34-14-13-28-35(32,33)22-12-11-21(27-17-22)16-24(30)23(15-18-5-3-2-4-6-18)29-25(31)19-7-9-20(26)10-8-19/h2-12,17,23,28H,13-16H2,1H3,(H,29,31)/t23-/m0/s1. The van der Waals surface area contributed by atoms with Gasteiger partial charge in [0.2, 0.25) is 10.0 Å². The van der Waals surface area contributed by atoms with Crippen LogP contribution in [0.25, 0.3) is 0 Å². The molecule has 3 aromatic rings. The van der Waals surface area contributed by atoms with Crippen LogP contribution in [-0.2, 0) is 32.4 Å². The van der Waals surface area contributed by atoms with Crippen LogP contribution >= 0.6 is 0 Å². The van der Waals surface area contributed by atoms with E-state index in [1.165, 1.54) is 49.7 Å². The fourth-order valence-corrected chi connectivity index (χ4v) is 4.23. The van der Waals surface area contributed by atoms with Gasteiger partial charge in [-0.1, -0.05) is 30.3 Å². The maximum Gasteiger partial charge on any atom is 0.251 e. The second kappa shape index (κ2) is 12.3. The number of rotatable bonds is 12. The molecule has 1 aromatic heterocycles. The summed E-state index contributed by atoms with van der Waals surface area (Å²) in [4.78, 5) is 29.9. The van der Waals surface area contributed by atoms with Gasteiger partial charge in [0.25, 0.3) is 5.91 Å². The molecule has 0 aliphatic carbocycles. The van der Waals surface area contributed by atoms with E-state index >= 15 is 0 Å². The van der Waals surface area contributed by atoms with Gasteiger partial charge in [0, 0.05) is 31.1 Å². The lowest BCUT2D eigenvalue weighted by molar-refractivity contribution is -0.120. The molecule has 0 radical (unpaired) electrons. The predicted molar refractivity (Wildman–Crippen MR) is 128 cm³/mol. The minimum atomic E-state index is -3.75. The highest BCUT2D eigenvalue weighted by Gasteiger charge is 2.23. The van der Waals surface area contributed by atoms with Crippen molar-refractivity contribution in [2.24, 2.45) is 0 Å². The summed E-state index contributed by atoms with van der Waals surface area (Å²) in [6.45, 7) is 0.347. The molecule has 3 rings (SSSR count). The quantitative estimate of drug-likeness (QED) is 0.370. The topological polar surface area (TPSA) is 114 Å². The number of hydrogen-bond donors (Lipinski definition) is 2. The van der Waals surface area contributed by atoms with Gasteiger partial charge in [-0.2, -0.15) is 0 Å². The number of sulfonamides is 1. The van der Waals surface area contributed by atoms with E-state index in [0.717, 1.165) is 5.56 Å². The van der Waals surface area contributed by atoms with Crippen LogP contribution in [0.3, 0.4) is 0 Å². The van der Waals surface area contributed by atoms with E-state index in [0.29, 0.717) is 5.69 Å². The van der Waals surface area contributed by atoms with Crippen molar-refractivity contribution in [2.45, 2.75) is 23.8 Å². The monoisotopic (exact) mass is 499 g/mol. The van der Waals surface area contributed by atoms with E-state index in [4.69, 9.17) is 4.74 Å². The molecule has 0 saturated heterocycles. The molecule has 0 unspecified atom stereocenters. The first-order valence-corrected chi connectivity index (χ1v) is 12.3. The third-order valence-corrected chi connectivity index (χ3v) is 6.59. The molecule has 184 valence electrons. The Labute approximate surface area is 203 Å². The first-order valence-electron chi connectivity index (χ1n) is 10.8. The van der Waals surface area contributed by atoms with Gasteiger partial charge < -0.3 is 10.1 Å². The lowest BCUT2D eigenvalue weighted by Gasteiger charge is -2.18. The SMILES string of the molecule is COCCNS(=O)(=O)c1ccc(CC(=O)[C@H](Cc2ccccc2)NC(=O)c2ccc(F)cc2)nc1. The Morgan fingerprint density at radius 2 is 1.74 bits per heavy atom. The Balaban J connectivity index is 1.73. The Morgan fingerprint density at radius 3 is 2.37 bits per heavy atom. The number of methoxy groups -OCH3 is 1. The number of carbonyl (C=O) groups is 2. The van der Waals surface area contributed by atoms with E-state index in [1.807, 2.05) is 30.3 Å². The summed E-state index contributed by atoms with van der Waals surface area (Å²) in [6, 6.07) is 16.2. The molecule has 1 amide bonds. The largest absolute Gasteiger partial charge is 0.383 e. The van der Waals surface area contributed by atoms with Crippen molar-refractivity contribution in [3.8, 4) is 0 Å². The van der Waals surface area contributed by atoms with Gasteiger partial charge in [-0.05, 0) is 48.4 Å². The number of aromatic nitrogens is 1. The average molecular weight is 500 g/mol. The zero-order valence-electron chi connectivity index (χ0n) is 19.1. The van der Waals surface area contributed by atoms with Gasteiger partial charge in [-0.15, -0.1) is 0 Å². The number of amides is 1. The van der Waals surface area contributed by atoms with Gasteiger partial charge in [0.1, 0.15) is 10.7 Å². The van der Waals surface area contributed by atoms with Crippen LogP contribution in [0.1, 0.15) is 21.6 Å². The Morgan fingerprint density at radius 1 is 1.03 bits per heavy atom. The highest BCUT2D eigenvalue weighted by Crippen LogP contribution is 2.12. The molecule has 2 aromatic carbocycles. The number of pyridine rings is 1. The van der Waals surface area contributed by atoms with Gasteiger partial charge >= 0.3 is 0 Å². The fraction of sp³-hybridized carbons (Fsp3) is 0.240. The Kier molecular flexibility index (Phi) is 9.18. The molecule has 1 atom stereocenters. The normalized spacial score (nSPS) is 12.2. The summed E-state index contributed by atoms with van der Waals surface area (Å²) in [5, 5.41) is 2.73. The van der Waals surface area contributed by atoms with Gasteiger partial charge in [-0.3, -0.25) is 14.6 Å². The van der Waals surface area contributed by atoms with Crippen molar-refractivity contribution >= 4 is 21.7 Å². The average Bonchev–Trinajstić information content (AvgIpc) is 2.85. The van der Waals surface area contributed by atoms with Crippen LogP contribution in [0.15, 0.2) is 77.8 Å². The molecule has 0 aliphatic rings. The second-order valence-corrected chi connectivity index (χ2v) is 9.51. The minimum absolute atomic E-state index is 0.0322. The first kappa shape index (κ1) is 26.1. The maximum atomic E-state index is 13.2. The van der Waals surface area contributed by atoms with Gasteiger partial charge in [0.05, 0.1) is 19.1 Å².